The smallest absolute Gasteiger partial charge is 0.354 e. The molecule has 0 spiro atoms. The maximum atomic E-state index is 11.6. The van der Waals surface area contributed by atoms with Crippen LogP contribution in [0.5, 0.6) is 0 Å². The largest absolute Gasteiger partial charge is 0.477 e. The molecule has 0 atom stereocenters. The van der Waals surface area contributed by atoms with E-state index in [1.165, 1.54) is 11.9 Å². The third-order valence-corrected chi connectivity index (χ3v) is 2.58. The van der Waals surface area contributed by atoms with Gasteiger partial charge in [0.2, 0.25) is 11.7 Å². The molecule has 0 aliphatic rings. The second kappa shape index (κ2) is 7.17. The first kappa shape index (κ1) is 16.3. The third-order valence-electron chi connectivity index (χ3n) is 2.58. The second-order valence-electron chi connectivity index (χ2n) is 4.31. The Hall–Kier alpha value is -2.71. The normalized spacial score (nSPS) is 10.0. The molecule has 2 N–H and O–H groups in total. The maximum Gasteiger partial charge on any atom is 0.354 e. The van der Waals surface area contributed by atoms with Crippen LogP contribution in [0.15, 0.2) is 12.1 Å². The molecule has 1 heterocycles. The quantitative estimate of drug-likeness (QED) is 0.558. The van der Waals surface area contributed by atoms with E-state index in [0.29, 0.717) is 6.54 Å². The average Bonchev–Trinajstić information content (AvgIpc) is 2.44. The number of carboxylic acid groups (broad SMARTS) is 1. The summed E-state index contributed by atoms with van der Waals surface area (Å²) in [6, 6.07) is 2.11. The lowest BCUT2D eigenvalue weighted by Crippen LogP contribution is -2.36. The SMILES string of the molecule is CCCNC(=O)CN(C)c1nc(C(=O)O)ccc1[N+](=O)[O-]. The van der Waals surface area contributed by atoms with Crippen molar-refractivity contribution < 1.29 is 19.6 Å². The van der Waals surface area contributed by atoms with Crippen LogP contribution in [0.1, 0.15) is 23.8 Å². The van der Waals surface area contributed by atoms with Gasteiger partial charge in [0.25, 0.3) is 0 Å². The van der Waals surface area contributed by atoms with Crippen molar-refractivity contribution in [3.8, 4) is 0 Å². The van der Waals surface area contributed by atoms with Crippen LogP contribution in [0.3, 0.4) is 0 Å². The van der Waals surface area contributed by atoms with Crippen LogP contribution >= 0.6 is 0 Å². The monoisotopic (exact) mass is 296 g/mol. The summed E-state index contributed by atoms with van der Waals surface area (Å²) in [5, 5.41) is 22.5. The Balaban J connectivity index is 3.02. The number of pyridine rings is 1. The summed E-state index contributed by atoms with van der Waals surface area (Å²) in [7, 11) is 1.44. The number of aromatic nitrogens is 1. The first-order valence-corrected chi connectivity index (χ1v) is 6.23. The Kier molecular flexibility index (Phi) is 5.58. The van der Waals surface area contributed by atoms with E-state index in [4.69, 9.17) is 5.11 Å². The van der Waals surface area contributed by atoms with Gasteiger partial charge in [0.1, 0.15) is 0 Å². The van der Waals surface area contributed by atoms with Crippen LogP contribution in [-0.2, 0) is 4.79 Å². The van der Waals surface area contributed by atoms with Crippen LogP contribution in [0, 0.1) is 10.1 Å². The summed E-state index contributed by atoms with van der Waals surface area (Å²) < 4.78 is 0. The number of rotatable bonds is 7. The van der Waals surface area contributed by atoms with E-state index in [1.54, 1.807) is 0 Å². The standard InChI is InChI=1S/C12H16N4O5/c1-3-6-13-10(17)7-15(2)11-9(16(20)21)5-4-8(14-11)12(18)19/h4-5H,3,6-7H2,1-2H3,(H,13,17)(H,18,19). The first-order chi connectivity index (χ1) is 9.86. The topological polar surface area (TPSA) is 126 Å². The first-order valence-electron chi connectivity index (χ1n) is 6.23. The minimum atomic E-state index is -1.30. The van der Waals surface area contributed by atoms with Crippen molar-refractivity contribution in [2.75, 3.05) is 25.0 Å². The Morgan fingerprint density at radius 3 is 2.67 bits per heavy atom. The molecule has 9 heteroatoms. The molecule has 0 fully saturated rings. The van der Waals surface area contributed by atoms with Crippen molar-refractivity contribution in [1.82, 2.24) is 10.3 Å². The lowest BCUT2D eigenvalue weighted by molar-refractivity contribution is -0.384. The van der Waals surface area contributed by atoms with Crippen molar-refractivity contribution in [1.29, 1.82) is 0 Å². The molecule has 1 aromatic heterocycles. The van der Waals surface area contributed by atoms with E-state index >= 15 is 0 Å². The van der Waals surface area contributed by atoms with Crippen molar-refractivity contribution in [3.63, 3.8) is 0 Å². The molecule has 21 heavy (non-hydrogen) atoms. The van der Waals surface area contributed by atoms with Crippen LogP contribution in [0.2, 0.25) is 0 Å². The highest BCUT2D eigenvalue weighted by Gasteiger charge is 2.22. The van der Waals surface area contributed by atoms with Gasteiger partial charge in [-0.15, -0.1) is 0 Å². The number of hydrogen-bond donors (Lipinski definition) is 2. The third kappa shape index (κ3) is 4.41. The Morgan fingerprint density at radius 1 is 1.48 bits per heavy atom. The Morgan fingerprint density at radius 2 is 2.14 bits per heavy atom. The van der Waals surface area contributed by atoms with Crippen LogP contribution in [0.4, 0.5) is 11.5 Å². The summed E-state index contributed by atoms with van der Waals surface area (Å²) in [4.78, 5) is 37.8. The maximum absolute atomic E-state index is 11.6. The van der Waals surface area contributed by atoms with Gasteiger partial charge < -0.3 is 15.3 Å². The number of nitrogens with one attached hydrogen (secondary N) is 1. The molecular weight excluding hydrogens is 280 g/mol. The van der Waals surface area contributed by atoms with E-state index < -0.39 is 10.9 Å². The Labute approximate surface area is 120 Å². The highest BCUT2D eigenvalue weighted by molar-refractivity contribution is 5.87. The van der Waals surface area contributed by atoms with E-state index in [9.17, 15) is 19.7 Å². The summed E-state index contributed by atoms with van der Waals surface area (Å²) in [5.74, 6) is -1.78. The molecule has 0 aromatic carbocycles. The van der Waals surface area contributed by atoms with Gasteiger partial charge in [-0.2, -0.15) is 0 Å². The second-order valence-corrected chi connectivity index (χ2v) is 4.31. The van der Waals surface area contributed by atoms with E-state index in [0.717, 1.165) is 18.6 Å². The number of nitrogens with zero attached hydrogens (tertiary/aromatic N) is 3. The van der Waals surface area contributed by atoms with Gasteiger partial charge in [0.15, 0.2) is 5.69 Å². The number of nitro groups is 1. The molecule has 0 radical (unpaired) electrons. The van der Waals surface area contributed by atoms with Crippen molar-refractivity contribution in [2.24, 2.45) is 0 Å². The van der Waals surface area contributed by atoms with Crippen LogP contribution < -0.4 is 10.2 Å². The zero-order valence-electron chi connectivity index (χ0n) is 11.7. The number of carbonyl (C=O) groups is 2. The zero-order chi connectivity index (χ0) is 16.0. The predicted octanol–water partition coefficient (Wildman–Crippen LogP) is 0.650. The van der Waals surface area contributed by atoms with E-state index in [2.05, 4.69) is 10.3 Å². The molecule has 0 saturated carbocycles. The van der Waals surface area contributed by atoms with Gasteiger partial charge in [-0.3, -0.25) is 14.9 Å². The number of carboxylic acids is 1. The van der Waals surface area contributed by atoms with E-state index in [1.807, 2.05) is 6.92 Å². The van der Waals surface area contributed by atoms with Crippen LogP contribution in [0.25, 0.3) is 0 Å². The molecule has 114 valence electrons. The van der Waals surface area contributed by atoms with Gasteiger partial charge in [-0.05, 0) is 12.5 Å². The summed E-state index contributed by atoms with van der Waals surface area (Å²) in [6.45, 7) is 2.24. The number of likely N-dealkylation sites (N-methyl/N-ethyl adjacent to an activating group) is 1. The molecule has 0 unspecified atom stereocenters. The van der Waals surface area contributed by atoms with Crippen molar-refractivity contribution >= 4 is 23.4 Å². The van der Waals surface area contributed by atoms with Gasteiger partial charge in [0, 0.05) is 19.7 Å². The number of aromatic carboxylic acids is 1. The minimum Gasteiger partial charge on any atom is -0.477 e. The molecule has 0 saturated heterocycles. The lowest BCUT2D eigenvalue weighted by atomic mass is 10.3. The fourth-order valence-corrected chi connectivity index (χ4v) is 1.59. The fourth-order valence-electron chi connectivity index (χ4n) is 1.59. The van der Waals surface area contributed by atoms with Crippen LogP contribution in [-0.4, -0.2) is 47.0 Å². The highest BCUT2D eigenvalue weighted by atomic mass is 16.6. The summed E-state index contributed by atoms with van der Waals surface area (Å²) in [5.41, 5.74) is -0.679. The Bertz CT molecular complexity index is 561. The molecule has 0 bridgehead atoms. The minimum absolute atomic E-state index is 0.156. The lowest BCUT2D eigenvalue weighted by Gasteiger charge is -2.17. The average molecular weight is 296 g/mol. The van der Waals surface area contributed by atoms with E-state index in [-0.39, 0.29) is 29.7 Å². The molecule has 1 amide bonds. The fraction of sp³-hybridized carbons (Fsp3) is 0.417. The molecular formula is C12H16N4O5. The molecule has 0 aliphatic heterocycles. The summed E-state index contributed by atoms with van der Waals surface area (Å²) >= 11 is 0. The summed E-state index contributed by atoms with van der Waals surface area (Å²) in [6.07, 6.45) is 0.766. The number of anilines is 1. The van der Waals surface area contributed by atoms with Crippen molar-refractivity contribution in [3.05, 3.63) is 27.9 Å². The molecule has 9 nitrogen and oxygen atoms in total. The van der Waals surface area contributed by atoms with Crippen molar-refractivity contribution in [2.45, 2.75) is 13.3 Å². The number of hydrogen-bond acceptors (Lipinski definition) is 6. The zero-order valence-corrected chi connectivity index (χ0v) is 11.7. The van der Waals surface area contributed by atoms with Gasteiger partial charge in [0.05, 0.1) is 11.5 Å². The molecule has 1 aromatic rings. The number of amides is 1. The van der Waals surface area contributed by atoms with Gasteiger partial charge in [-0.25, -0.2) is 9.78 Å². The molecule has 0 aliphatic carbocycles. The predicted molar refractivity (Wildman–Crippen MR) is 74.4 cm³/mol. The number of carbonyl (C=O) groups excluding carboxylic acids is 1. The highest BCUT2D eigenvalue weighted by Crippen LogP contribution is 2.25. The van der Waals surface area contributed by atoms with Gasteiger partial charge in [-0.1, -0.05) is 6.92 Å². The van der Waals surface area contributed by atoms with Gasteiger partial charge >= 0.3 is 11.7 Å². The molecule has 1 rings (SSSR count).